The number of aromatic amines is 3. The molecule has 6 aromatic heterocycles. The van der Waals surface area contributed by atoms with Crippen molar-refractivity contribution in [2.24, 2.45) is 0 Å². The van der Waals surface area contributed by atoms with Gasteiger partial charge in [0.05, 0.1) is 46.8 Å². The minimum Gasteiger partial charge on any atom is -0.379 e. The summed E-state index contributed by atoms with van der Waals surface area (Å²) in [4.78, 5) is 26.4. The summed E-state index contributed by atoms with van der Waals surface area (Å²) >= 11 is 0. The van der Waals surface area contributed by atoms with Gasteiger partial charge < -0.3 is 49.2 Å². The molecule has 0 atom stereocenters. The zero-order valence-electron chi connectivity index (χ0n) is 54.9. The number of ether oxygens (including phenoxy) is 1. The second-order valence-electron chi connectivity index (χ2n) is 25.9. The van der Waals surface area contributed by atoms with E-state index < -0.39 is 30.1 Å². The predicted octanol–water partition coefficient (Wildman–Crippen LogP) is 11.1. The highest BCUT2D eigenvalue weighted by Crippen LogP contribution is 2.39. The van der Waals surface area contributed by atoms with Gasteiger partial charge >= 0.3 is 0 Å². The molecule has 5 fully saturated rings. The van der Waals surface area contributed by atoms with Crippen molar-refractivity contribution < 1.29 is 43.6 Å². The Kier molecular flexibility index (Phi) is 19.6. The minimum absolute atomic E-state index is 0.0132. The molecule has 4 aromatic carbocycles. The van der Waals surface area contributed by atoms with Crippen molar-refractivity contribution in [1.82, 2.24) is 64.4 Å². The van der Waals surface area contributed by atoms with Crippen LogP contribution in [0.1, 0.15) is 130 Å². The normalized spacial score (nSPS) is 17.0. The third-order valence-corrected chi connectivity index (χ3v) is 23.2. The second kappa shape index (κ2) is 28.2. The molecule has 29 heteroatoms. The number of sulfonamides is 3. The van der Waals surface area contributed by atoms with Crippen LogP contribution in [0.2, 0.25) is 0 Å². The lowest BCUT2D eigenvalue weighted by molar-refractivity contribution is 0.0398. The van der Waals surface area contributed by atoms with Gasteiger partial charge in [0.15, 0.2) is 0 Å². The molecule has 4 aliphatic carbocycles. The SMILES string of the molecule is Cc1noc(C)c1-c1cc(S(=O)(=O)NC2CCCC2)c2nc(NC3CC3)[nH]c2c1.Cc1noc(C)c1-c1cc(S(=O)(=O)NC2CCCC2)c2nc(NCCN3CCOCC3)[nH]c2c1.Cc1noc(C)c1-c1cc(S(=O)(=O)NC2CCCC2)c2nc(NCc3ccccc3)[nH]c2c1. The van der Waals surface area contributed by atoms with Crippen LogP contribution in [-0.4, -0.2) is 139 Å². The lowest BCUT2D eigenvalue weighted by Crippen LogP contribution is -2.39. The second-order valence-corrected chi connectivity index (χ2v) is 31.0. The number of H-pyrrole nitrogens is 3. The number of morpholine rings is 1. The van der Waals surface area contributed by atoms with Crippen LogP contribution in [0.4, 0.5) is 17.8 Å². The number of anilines is 3. The van der Waals surface area contributed by atoms with E-state index in [1.165, 1.54) is 0 Å². The average Bonchev–Trinajstić information content (AvgIpc) is 1.54. The Hall–Kier alpha value is -8.03. The number of aromatic nitrogens is 9. The quantitative estimate of drug-likeness (QED) is 0.0323. The first-order valence-electron chi connectivity index (χ1n) is 33.3. The van der Waals surface area contributed by atoms with Crippen LogP contribution in [0.15, 0.2) is 95.0 Å². The van der Waals surface area contributed by atoms with Crippen molar-refractivity contribution >= 4 is 81.0 Å². The van der Waals surface area contributed by atoms with Gasteiger partial charge in [-0.15, -0.1) is 0 Å². The molecule has 0 radical (unpaired) electrons. The molecule has 1 aliphatic heterocycles. The zero-order valence-corrected chi connectivity index (χ0v) is 57.4. The number of fused-ring (bicyclic) bond motifs is 3. The molecule has 510 valence electrons. The van der Waals surface area contributed by atoms with E-state index in [-0.39, 0.29) is 32.8 Å². The predicted molar refractivity (Wildman–Crippen MR) is 367 cm³/mol. The average molecular weight is 1370 g/mol. The molecule has 0 spiro atoms. The van der Waals surface area contributed by atoms with E-state index >= 15 is 0 Å². The largest absolute Gasteiger partial charge is 0.379 e. The number of imidazole rings is 3. The van der Waals surface area contributed by atoms with Crippen molar-refractivity contribution in [3.8, 4) is 33.4 Å². The summed E-state index contributed by atoms with van der Waals surface area (Å²) in [6.45, 7) is 16.5. The van der Waals surface area contributed by atoms with Gasteiger partial charge in [-0.1, -0.05) is 84.3 Å². The highest BCUT2D eigenvalue weighted by molar-refractivity contribution is 7.90. The molecule has 5 aliphatic rings. The molecule has 26 nitrogen and oxygen atoms in total. The number of aryl methyl sites for hydroxylation is 6. The summed E-state index contributed by atoms with van der Waals surface area (Å²) in [6, 6.07) is 21.1. The smallest absolute Gasteiger partial charge is 0.243 e. The summed E-state index contributed by atoms with van der Waals surface area (Å²) in [5.74, 6) is 3.62. The van der Waals surface area contributed by atoms with Crippen LogP contribution >= 0.6 is 0 Å². The maximum absolute atomic E-state index is 13.5. The molecule has 1 saturated heterocycles. The Morgan fingerprint density at radius 2 is 0.844 bits per heavy atom. The molecular formula is C67H84N16O10S3. The van der Waals surface area contributed by atoms with Gasteiger partial charge in [-0.2, -0.15) is 0 Å². The molecule has 0 unspecified atom stereocenters. The Bertz CT molecular complexity index is 4700. The molecule has 0 amide bonds. The van der Waals surface area contributed by atoms with E-state index in [1.807, 2.05) is 90.1 Å². The van der Waals surface area contributed by atoms with Crippen molar-refractivity contribution in [3.05, 3.63) is 107 Å². The summed E-state index contributed by atoms with van der Waals surface area (Å²) in [6.07, 6.45) is 13.7. The van der Waals surface area contributed by atoms with E-state index in [0.717, 1.165) is 167 Å². The monoisotopic (exact) mass is 1370 g/mol. The fourth-order valence-corrected chi connectivity index (χ4v) is 18.0. The van der Waals surface area contributed by atoms with Crippen LogP contribution in [0.25, 0.3) is 66.5 Å². The molecular weight excluding hydrogens is 1290 g/mol. The van der Waals surface area contributed by atoms with E-state index in [1.54, 1.807) is 18.2 Å². The van der Waals surface area contributed by atoms with Gasteiger partial charge in [-0.05, 0) is 152 Å². The van der Waals surface area contributed by atoms with Crippen LogP contribution in [0, 0.1) is 41.5 Å². The number of nitrogens with one attached hydrogen (secondary N) is 9. The zero-order chi connectivity index (χ0) is 66.9. The first kappa shape index (κ1) is 66.6. The fraction of sp³-hybridized carbons (Fsp3) is 0.463. The van der Waals surface area contributed by atoms with Gasteiger partial charge in [-0.25, -0.2) is 54.4 Å². The Morgan fingerprint density at radius 1 is 0.469 bits per heavy atom. The topological polar surface area (TPSA) is 351 Å². The Labute approximate surface area is 558 Å². The third-order valence-electron chi connectivity index (χ3n) is 18.6. The summed E-state index contributed by atoms with van der Waals surface area (Å²) in [7, 11) is -11.3. The maximum atomic E-state index is 13.5. The highest BCUT2D eigenvalue weighted by Gasteiger charge is 2.32. The van der Waals surface area contributed by atoms with Gasteiger partial charge in [0.2, 0.25) is 47.9 Å². The van der Waals surface area contributed by atoms with Crippen molar-refractivity contribution in [1.29, 1.82) is 0 Å². The molecule has 0 bridgehead atoms. The van der Waals surface area contributed by atoms with Crippen molar-refractivity contribution in [2.45, 2.75) is 177 Å². The van der Waals surface area contributed by atoms with E-state index in [2.05, 4.69) is 80.4 Å². The first-order chi connectivity index (χ1) is 46.2. The molecule has 4 saturated carbocycles. The summed E-state index contributed by atoms with van der Waals surface area (Å²) in [5.41, 5.74) is 11.1. The highest BCUT2D eigenvalue weighted by atomic mass is 32.2. The van der Waals surface area contributed by atoms with Gasteiger partial charge in [-0.3, -0.25) is 4.90 Å². The number of hydrogen-bond acceptors (Lipinski definition) is 20. The third kappa shape index (κ3) is 15.1. The van der Waals surface area contributed by atoms with Crippen molar-refractivity contribution in [2.75, 3.05) is 55.3 Å². The van der Waals surface area contributed by atoms with E-state index in [4.69, 9.17) is 18.3 Å². The fourth-order valence-electron chi connectivity index (χ4n) is 13.6. The molecule has 10 aromatic rings. The molecule has 15 rings (SSSR count). The molecule has 96 heavy (non-hydrogen) atoms. The van der Waals surface area contributed by atoms with Gasteiger partial charge in [0.1, 0.15) is 48.5 Å². The number of nitrogens with zero attached hydrogens (tertiary/aromatic N) is 7. The molecule has 7 heterocycles. The van der Waals surface area contributed by atoms with E-state index in [0.29, 0.717) is 98.7 Å². The summed E-state index contributed by atoms with van der Waals surface area (Å²) in [5, 5.41) is 22.0. The van der Waals surface area contributed by atoms with Crippen LogP contribution in [0.3, 0.4) is 0 Å². The maximum Gasteiger partial charge on any atom is 0.243 e. The number of benzene rings is 4. The first-order valence-corrected chi connectivity index (χ1v) is 37.7. The number of hydrogen-bond donors (Lipinski definition) is 9. The standard InChI is InChI=1S/C24H27N5O3S.C23H32N6O4S.C20H25N5O3S/c1-15-22(16(2)32-28-15)18-12-20-23(21(13-18)33(30,31)29-19-10-6-7-11-19)27-24(26-20)25-14-17-8-4-3-5-9-17;1-15-21(16(2)33-27-15)17-13-19-22(20(14-17)34(30,31)28-18-5-3-4-6-18)26-23(25-19)24-7-8-29-9-11-32-12-10-29;1-11-18(12(2)28-24-11)13-9-16-19(23-20(22-16)21-14-7-8-14)17(10-13)29(26,27)25-15-5-3-4-6-15/h3-5,8-9,12-13,19,29H,6-7,10-11,14H2,1-2H3,(H2,25,26,27);13-14,18,28H,3-12H2,1-2H3,(H2,24,25,26);9-10,14-15,25H,3-8H2,1-2H3,(H2,21,22,23). The Morgan fingerprint density at radius 3 is 1.22 bits per heavy atom. The lowest BCUT2D eigenvalue weighted by atomic mass is 10.0. The summed E-state index contributed by atoms with van der Waals surface area (Å²) < 4.78 is 111. The molecule has 9 N–H and O–H groups in total. The lowest BCUT2D eigenvalue weighted by Gasteiger charge is -2.26. The Balaban J connectivity index is 0.000000131. The van der Waals surface area contributed by atoms with Gasteiger partial charge in [0, 0.05) is 73.6 Å². The van der Waals surface area contributed by atoms with Crippen molar-refractivity contribution in [3.63, 3.8) is 0 Å². The van der Waals surface area contributed by atoms with Crippen LogP contribution in [-0.2, 0) is 41.4 Å². The van der Waals surface area contributed by atoms with E-state index in [9.17, 15) is 25.3 Å². The van der Waals surface area contributed by atoms with Gasteiger partial charge in [0.25, 0.3) is 0 Å². The number of rotatable bonds is 21. The van der Waals surface area contributed by atoms with Crippen LogP contribution in [0.5, 0.6) is 0 Å². The minimum atomic E-state index is -3.77. The van der Waals surface area contributed by atoms with Crippen LogP contribution < -0.4 is 30.1 Å².